The fourth-order valence-electron chi connectivity index (χ4n) is 3.51. The summed E-state index contributed by atoms with van der Waals surface area (Å²) in [6.07, 6.45) is 3.35. The fraction of sp³-hybridized carbons (Fsp3) is 0.0800. The minimum absolute atomic E-state index is 0.182. The average molecular weight is 409 g/mol. The summed E-state index contributed by atoms with van der Waals surface area (Å²) in [5, 5.41) is 4.99. The third kappa shape index (κ3) is 3.71. The normalized spacial score (nSPS) is 11.0. The van der Waals surface area contributed by atoms with Gasteiger partial charge in [-0.3, -0.25) is 9.78 Å². The van der Waals surface area contributed by atoms with Gasteiger partial charge in [0.15, 0.2) is 5.58 Å². The third-order valence-corrected chi connectivity index (χ3v) is 5.16. The highest BCUT2D eigenvalue weighted by atomic mass is 16.5. The van der Waals surface area contributed by atoms with Crippen LogP contribution in [0.5, 0.6) is 5.75 Å². The van der Waals surface area contributed by atoms with E-state index in [2.05, 4.69) is 15.3 Å². The summed E-state index contributed by atoms with van der Waals surface area (Å²) in [6, 6.07) is 21.2. The number of ether oxygens (including phenoxy) is 1. The Kier molecular flexibility index (Phi) is 4.80. The Hall–Kier alpha value is -4.19. The van der Waals surface area contributed by atoms with Crippen LogP contribution in [0.4, 0.5) is 0 Å². The van der Waals surface area contributed by atoms with Crippen LogP contribution in [-0.4, -0.2) is 23.0 Å². The molecule has 5 rings (SSSR count). The van der Waals surface area contributed by atoms with Crippen molar-refractivity contribution in [3.05, 3.63) is 90.3 Å². The molecule has 0 atom stereocenters. The summed E-state index contributed by atoms with van der Waals surface area (Å²) in [7, 11) is 1.57. The summed E-state index contributed by atoms with van der Waals surface area (Å²) >= 11 is 0. The number of carbonyl (C=O) groups is 1. The third-order valence-electron chi connectivity index (χ3n) is 5.16. The van der Waals surface area contributed by atoms with Crippen LogP contribution >= 0.6 is 0 Å². The van der Waals surface area contributed by atoms with Crippen molar-refractivity contribution in [1.82, 2.24) is 15.3 Å². The van der Waals surface area contributed by atoms with E-state index in [1.165, 1.54) is 0 Å². The Bertz CT molecular complexity index is 1360. The lowest BCUT2D eigenvalue weighted by molar-refractivity contribution is 0.0948. The number of hydrogen-bond donors (Lipinski definition) is 1. The Morgan fingerprint density at radius 2 is 1.81 bits per heavy atom. The van der Waals surface area contributed by atoms with Crippen LogP contribution in [0, 0.1) is 0 Å². The van der Waals surface area contributed by atoms with Crippen molar-refractivity contribution in [3.63, 3.8) is 0 Å². The average Bonchev–Trinajstić information content (AvgIpc) is 3.26. The van der Waals surface area contributed by atoms with Crippen LogP contribution in [-0.2, 0) is 6.54 Å². The molecule has 0 unspecified atom stereocenters. The van der Waals surface area contributed by atoms with E-state index in [0.717, 1.165) is 27.4 Å². The molecule has 6 heteroatoms. The molecule has 5 aromatic rings. The van der Waals surface area contributed by atoms with Gasteiger partial charge in [0.05, 0.1) is 18.9 Å². The van der Waals surface area contributed by atoms with E-state index in [9.17, 15) is 4.79 Å². The predicted octanol–water partition coefficient (Wildman–Crippen LogP) is 4.98. The molecule has 0 spiro atoms. The number of pyridine rings is 1. The van der Waals surface area contributed by atoms with E-state index in [1.807, 2.05) is 60.7 Å². The molecule has 1 amide bonds. The molecule has 2 heterocycles. The van der Waals surface area contributed by atoms with Gasteiger partial charge in [-0.25, -0.2) is 4.98 Å². The molecule has 6 nitrogen and oxygen atoms in total. The zero-order valence-electron chi connectivity index (χ0n) is 16.8. The van der Waals surface area contributed by atoms with Crippen molar-refractivity contribution < 1.29 is 13.9 Å². The molecule has 0 saturated carbocycles. The Morgan fingerprint density at radius 3 is 2.55 bits per heavy atom. The minimum atomic E-state index is -0.182. The lowest BCUT2D eigenvalue weighted by Crippen LogP contribution is -2.23. The molecule has 31 heavy (non-hydrogen) atoms. The van der Waals surface area contributed by atoms with Crippen LogP contribution in [0.2, 0.25) is 0 Å². The second kappa shape index (κ2) is 7.91. The van der Waals surface area contributed by atoms with Gasteiger partial charge in [0.1, 0.15) is 11.3 Å². The van der Waals surface area contributed by atoms with Gasteiger partial charge in [0.2, 0.25) is 5.89 Å². The molecular formula is C25H19N3O3. The lowest BCUT2D eigenvalue weighted by atomic mass is 10.1. The van der Waals surface area contributed by atoms with Gasteiger partial charge < -0.3 is 14.5 Å². The van der Waals surface area contributed by atoms with Crippen LogP contribution in [0.25, 0.3) is 33.3 Å². The standard InChI is InChI=1S/C25H19N3O3/c1-30-23-13-19-5-3-2-4-18(19)12-20(23)24(29)27-14-16-6-8-17(9-7-16)25-28-21-15-26-11-10-22(21)31-25/h2-13,15H,14H2,1H3,(H,27,29). The first kappa shape index (κ1) is 18.8. The molecule has 0 aliphatic rings. The first-order valence-electron chi connectivity index (χ1n) is 9.86. The van der Waals surface area contributed by atoms with Crippen molar-refractivity contribution in [2.24, 2.45) is 0 Å². The Morgan fingerprint density at radius 1 is 1.03 bits per heavy atom. The molecule has 0 fully saturated rings. The zero-order valence-corrected chi connectivity index (χ0v) is 16.8. The van der Waals surface area contributed by atoms with Crippen molar-refractivity contribution in [2.45, 2.75) is 6.54 Å². The highest BCUT2D eigenvalue weighted by Crippen LogP contribution is 2.26. The van der Waals surface area contributed by atoms with E-state index in [4.69, 9.17) is 9.15 Å². The number of oxazole rings is 1. The SMILES string of the molecule is COc1cc2ccccc2cc1C(=O)NCc1ccc(-c2nc3cnccc3o2)cc1. The molecule has 0 saturated heterocycles. The number of hydrogen-bond acceptors (Lipinski definition) is 5. The quantitative estimate of drug-likeness (QED) is 0.443. The molecule has 0 aliphatic carbocycles. The number of fused-ring (bicyclic) bond motifs is 2. The number of benzene rings is 3. The lowest BCUT2D eigenvalue weighted by Gasteiger charge is -2.11. The predicted molar refractivity (Wildman–Crippen MR) is 119 cm³/mol. The van der Waals surface area contributed by atoms with Gasteiger partial charge in [0, 0.05) is 24.4 Å². The van der Waals surface area contributed by atoms with E-state index in [-0.39, 0.29) is 5.91 Å². The maximum Gasteiger partial charge on any atom is 0.255 e. The maximum absolute atomic E-state index is 12.8. The van der Waals surface area contributed by atoms with Crippen LogP contribution in [0.15, 0.2) is 83.5 Å². The van der Waals surface area contributed by atoms with E-state index >= 15 is 0 Å². The molecular weight excluding hydrogens is 390 g/mol. The van der Waals surface area contributed by atoms with Crippen molar-refractivity contribution in [1.29, 1.82) is 0 Å². The minimum Gasteiger partial charge on any atom is -0.496 e. The van der Waals surface area contributed by atoms with Gasteiger partial charge in [-0.05, 0) is 40.6 Å². The summed E-state index contributed by atoms with van der Waals surface area (Å²) in [6.45, 7) is 0.395. The number of amides is 1. The topological polar surface area (TPSA) is 77.2 Å². The van der Waals surface area contributed by atoms with Crippen molar-refractivity contribution >= 4 is 27.8 Å². The highest BCUT2D eigenvalue weighted by molar-refractivity contribution is 6.01. The Labute approximate surface area is 178 Å². The second-order valence-electron chi connectivity index (χ2n) is 7.14. The monoisotopic (exact) mass is 409 g/mol. The van der Waals surface area contributed by atoms with Gasteiger partial charge in [-0.2, -0.15) is 0 Å². The van der Waals surface area contributed by atoms with Crippen molar-refractivity contribution in [2.75, 3.05) is 7.11 Å². The van der Waals surface area contributed by atoms with Gasteiger partial charge >= 0.3 is 0 Å². The highest BCUT2D eigenvalue weighted by Gasteiger charge is 2.14. The molecule has 0 aliphatic heterocycles. The molecule has 3 aromatic carbocycles. The number of nitrogens with zero attached hydrogens (tertiary/aromatic N) is 2. The largest absolute Gasteiger partial charge is 0.496 e. The number of aromatic nitrogens is 2. The molecule has 152 valence electrons. The van der Waals surface area contributed by atoms with Gasteiger partial charge in [-0.1, -0.05) is 36.4 Å². The number of rotatable bonds is 5. The summed E-state index contributed by atoms with van der Waals surface area (Å²) in [4.78, 5) is 21.3. The van der Waals surface area contributed by atoms with Crippen LogP contribution in [0.1, 0.15) is 15.9 Å². The number of methoxy groups -OCH3 is 1. The van der Waals surface area contributed by atoms with Gasteiger partial charge in [0.25, 0.3) is 5.91 Å². The van der Waals surface area contributed by atoms with E-state index < -0.39 is 0 Å². The number of nitrogens with one attached hydrogen (secondary N) is 1. The summed E-state index contributed by atoms with van der Waals surface area (Å²) < 4.78 is 11.2. The van der Waals surface area contributed by atoms with Crippen LogP contribution < -0.4 is 10.1 Å². The van der Waals surface area contributed by atoms with E-state index in [0.29, 0.717) is 29.3 Å². The Balaban J connectivity index is 1.32. The number of carbonyl (C=O) groups excluding carboxylic acids is 1. The van der Waals surface area contributed by atoms with E-state index in [1.54, 1.807) is 25.6 Å². The van der Waals surface area contributed by atoms with Crippen molar-refractivity contribution in [3.8, 4) is 17.2 Å². The fourth-order valence-corrected chi connectivity index (χ4v) is 3.51. The summed E-state index contributed by atoms with van der Waals surface area (Å²) in [5.41, 5.74) is 3.76. The zero-order chi connectivity index (χ0) is 21.2. The van der Waals surface area contributed by atoms with Crippen LogP contribution in [0.3, 0.4) is 0 Å². The first-order valence-corrected chi connectivity index (χ1v) is 9.86. The molecule has 0 bridgehead atoms. The molecule has 0 radical (unpaired) electrons. The first-order chi connectivity index (χ1) is 15.2. The van der Waals surface area contributed by atoms with Gasteiger partial charge in [-0.15, -0.1) is 0 Å². The molecule has 1 N–H and O–H groups in total. The molecule has 2 aromatic heterocycles. The maximum atomic E-state index is 12.8. The second-order valence-corrected chi connectivity index (χ2v) is 7.14. The smallest absolute Gasteiger partial charge is 0.255 e. The summed E-state index contributed by atoms with van der Waals surface area (Å²) in [5.74, 6) is 0.912.